The Morgan fingerprint density at radius 1 is 1.42 bits per heavy atom. The molecule has 2 atom stereocenters. The van der Waals surface area contributed by atoms with Crippen molar-refractivity contribution in [3.8, 4) is 0 Å². The lowest BCUT2D eigenvalue weighted by Gasteiger charge is -2.18. The molecule has 0 aromatic heterocycles. The van der Waals surface area contributed by atoms with Gasteiger partial charge in [0.05, 0.1) is 0 Å². The SMILES string of the molecule is C=CC(C)C(NC(=O)OCc1ccccc1)C(=O)O. The van der Waals surface area contributed by atoms with Crippen molar-refractivity contribution in [1.82, 2.24) is 5.32 Å². The van der Waals surface area contributed by atoms with Gasteiger partial charge in [-0.1, -0.05) is 43.3 Å². The van der Waals surface area contributed by atoms with E-state index in [1.54, 1.807) is 6.92 Å². The number of benzene rings is 1. The number of aliphatic carboxylic acids is 1. The van der Waals surface area contributed by atoms with Gasteiger partial charge in [0, 0.05) is 5.92 Å². The van der Waals surface area contributed by atoms with Crippen LogP contribution in [0.4, 0.5) is 4.79 Å². The minimum atomic E-state index is -1.12. The molecule has 0 aliphatic heterocycles. The number of rotatable bonds is 6. The number of amides is 1. The number of carboxylic acid groups (broad SMARTS) is 1. The average Bonchev–Trinajstić information content (AvgIpc) is 2.42. The van der Waals surface area contributed by atoms with Gasteiger partial charge in [-0.2, -0.15) is 0 Å². The van der Waals surface area contributed by atoms with E-state index in [1.807, 2.05) is 30.3 Å². The van der Waals surface area contributed by atoms with E-state index in [0.717, 1.165) is 5.56 Å². The topological polar surface area (TPSA) is 75.6 Å². The van der Waals surface area contributed by atoms with Crippen LogP contribution in [0, 0.1) is 5.92 Å². The molecular formula is C14H17NO4. The fourth-order valence-corrected chi connectivity index (χ4v) is 1.45. The molecule has 102 valence electrons. The van der Waals surface area contributed by atoms with Crippen LogP contribution in [0.2, 0.25) is 0 Å². The number of alkyl carbamates (subject to hydrolysis) is 1. The predicted octanol–water partition coefficient (Wildman–Crippen LogP) is 2.19. The van der Waals surface area contributed by atoms with Crippen molar-refractivity contribution in [3.63, 3.8) is 0 Å². The fraction of sp³-hybridized carbons (Fsp3) is 0.286. The largest absolute Gasteiger partial charge is 0.480 e. The van der Waals surface area contributed by atoms with Gasteiger partial charge in [0.15, 0.2) is 0 Å². The van der Waals surface area contributed by atoms with Gasteiger partial charge in [-0.05, 0) is 5.56 Å². The van der Waals surface area contributed by atoms with Gasteiger partial charge in [-0.3, -0.25) is 0 Å². The summed E-state index contributed by atoms with van der Waals surface area (Å²) < 4.78 is 4.96. The van der Waals surface area contributed by atoms with Crippen LogP contribution in [0.1, 0.15) is 12.5 Å². The highest BCUT2D eigenvalue weighted by atomic mass is 16.5. The first-order chi connectivity index (χ1) is 9.04. The number of ether oxygens (including phenoxy) is 1. The molecule has 0 spiro atoms. The Balaban J connectivity index is 2.49. The third-order valence-corrected chi connectivity index (χ3v) is 2.65. The Labute approximate surface area is 111 Å². The van der Waals surface area contributed by atoms with Crippen molar-refractivity contribution in [3.05, 3.63) is 48.6 Å². The summed E-state index contributed by atoms with van der Waals surface area (Å²) in [5.74, 6) is -1.51. The molecule has 19 heavy (non-hydrogen) atoms. The molecule has 0 fully saturated rings. The van der Waals surface area contributed by atoms with Crippen LogP contribution < -0.4 is 5.32 Å². The molecule has 0 saturated carbocycles. The maximum absolute atomic E-state index is 11.5. The van der Waals surface area contributed by atoms with E-state index in [0.29, 0.717) is 0 Å². The van der Waals surface area contributed by atoms with Crippen molar-refractivity contribution >= 4 is 12.1 Å². The number of carboxylic acids is 1. The molecule has 1 aromatic rings. The van der Waals surface area contributed by atoms with Crippen molar-refractivity contribution < 1.29 is 19.4 Å². The summed E-state index contributed by atoms with van der Waals surface area (Å²) >= 11 is 0. The molecule has 0 saturated heterocycles. The van der Waals surface area contributed by atoms with Gasteiger partial charge in [0.2, 0.25) is 0 Å². The summed E-state index contributed by atoms with van der Waals surface area (Å²) in [4.78, 5) is 22.5. The molecule has 0 radical (unpaired) electrons. The zero-order valence-corrected chi connectivity index (χ0v) is 10.7. The molecule has 0 bridgehead atoms. The van der Waals surface area contributed by atoms with Crippen molar-refractivity contribution in [1.29, 1.82) is 0 Å². The van der Waals surface area contributed by atoms with Crippen LogP contribution in [0.5, 0.6) is 0 Å². The first kappa shape index (κ1) is 14.8. The maximum Gasteiger partial charge on any atom is 0.408 e. The van der Waals surface area contributed by atoms with E-state index in [9.17, 15) is 9.59 Å². The van der Waals surface area contributed by atoms with Crippen molar-refractivity contribution in [2.75, 3.05) is 0 Å². The van der Waals surface area contributed by atoms with Crippen LogP contribution in [0.15, 0.2) is 43.0 Å². The highest BCUT2D eigenvalue weighted by Crippen LogP contribution is 2.06. The lowest BCUT2D eigenvalue weighted by molar-refractivity contribution is -0.140. The maximum atomic E-state index is 11.5. The summed E-state index contributed by atoms with van der Waals surface area (Å²) in [6.07, 6.45) is 0.709. The van der Waals surface area contributed by atoms with E-state index >= 15 is 0 Å². The standard InChI is InChI=1S/C14H17NO4/c1-3-10(2)12(13(16)17)15-14(18)19-9-11-7-5-4-6-8-11/h3-8,10,12H,1,9H2,2H3,(H,15,18)(H,16,17). The molecule has 5 nitrogen and oxygen atoms in total. The molecule has 0 aliphatic rings. The molecule has 1 aromatic carbocycles. The second-order valence-corrected chi connectivity index (χ2v) is 4.12. The van der Waals surface area contributed by atoms with Gasteiger partial charge >= 0.3 is 12.1 Å². The minimum Gasteiger partial charge on any atom is -0.480 e. The van der Waals surface area contributed by atoms with Gasteiger partial charge in [0.25, 0.3) is 0 Å². The van der Waals surface area contributed by atoms with E-state index in [2.05, 4.69) is 11.9 Å². The summed E-state index contributed by atoms with van der Waals surface area (Å²) in [7, 11) is 0. The molecule has 0 heterocycles. The Morgan fingerprint density at radius 2 is 2.05 bits per heavy atom. The van der Waals surface area contributed by atoms with Gasteiger partial charge < -0.3 is 15.2 Å². The van der Waals surface area contributed by atoms with E-state index in [4.69, 9.17) is 9.84 Å². The quantitative estimate of drug-likeness (QED) is 0.771. The van der Waals surface area contributed by atoms with Crippen LogP contribution in [-0.4, -0.2) is 23.2 Å². The second kappa shape index (κ2) is 7.20. The van der Waals surface area contributed by atoms with Crippen LogP contribution in [0.25, 0.3) is 0 Å². The van der Waals surface area contributed by atoms with Gasteiger partial charge in [-0.15, -0.1) is 6.58 Å². The van der Waals surface area contributed by atoms with Crippen molar-refractivity contribution in [2.45, 2.75) is 19.6 Å². The number of carbonyl (C=O) groups excluding carboxylic acids is 1. The summed E-state index contributed by atoms with van der Waals surface area (Å²) in [6.45, 7) is 5.26. The summed E-state index contributed by atoms with van der Waals surface area (Å²) in [6, 6.07) is 8.10. The Hall–Kier alpha value is -2.30. The third-order valence-electron chi connectivity index (χ3n) is 2.65. The molecule has 1 amide bonds. The molecule has 2 N–H and O–H groups in total. The smallest absolute Gasteiger partial charge is 0.408 e. The first-order valence-corrected chi connectivity index (χ1v) is 5.87. The highest BCUT2D eigenvalue weighted by molar-refractivity contribution is 5.80. The molecule has 2 unspecified atom stereocenters. The predicted molar refractivity (Wildman–Crippen MR) is 70.5 cm³/mol. The van der Waals surface area contributed by atoms with Gasteiger partial charge in [-0.25, -0.2) is 9.59 Å². The van der Waals surface area contributed by atoms with Crippen molar-refractivity contribution in [2.24, 2.45) is 5.92 Å². The lowest BCUT2D eigenvalue weighted by Crippen LogP contribution is -2.44. The fourth-order valence-electron chi connectivity index (χ4n) is 1.45. The Bertz CT molecular complexity index is 444. The molecular weight excluding hydrogens is 246 g/mol. The lowest BCUT2D eigenvalue weighted by atomic mass is 10.0. The van der Waals surface area contributed by atoms with E-state index < -0.39 is 18.1 Å². The normalized spacial score (nSPS) is 13.1. The van der Waals surface area contributed by atoms with E-state index in [-0.39, 0.29) is 12.5 Å². The summed E-state index contributed by atoms with van der Waals surface area (Å²) in [5, 5.41) is 11.3. The molecule has 5 heteroatoms. The van der Waals surface area contributed by atoms with E-state index in [1.165, 1.54) is 6.08 Å². The number of carbonyl (C=O) groups is 2. The Morgan fingerprint density at radius 3 is 2.58 bits per heavy atom. The average molecular weight is 263 g/mol. The monoisotopic (exact) mass is 263 g/mol. The van der Waals surface area contributed by atoms with Gasteiger partial charge in [0.1, 0.15) is 12.6 Å². The zero-order valence-electron chi connectivity index (χ0n) is 10.7. The minimum absolute atomic E-state index is 0.0987. The number of hydrogen-bond donors (Lipinski definition) is 2. The van der Waals surface area contributed by atoms with Crippen LogP contribution in [0.3, 0.4) is 0 Å². The molecule has 0 aliphatic carbocycles. The first-order valence-electron chi connectivity index (χ1n) is 5.87. The second-order valence-electron chi connectivity index (χ2n) is 4.12. The Kier molecular flexibility index (Phi) is 5.60. The summed E-state index contributed by atoms with van der Waals surface area (Å²) in [5.41, 5.74) is 0.835. The number of nitrogens with one attached hydrogen (secondary N) is 1. The van der Waals surface area contributed by atoms with Crippen LogP contribution >= 0.6 is 0 Å². The number of hydrogen-bond acceptors (Lipinski definition) is 3. The molecule has 1 rings (SSSR count). The van der Waals surface area contributed by atoms with Crippen LogP contribution in [-0.2, 0) is 16.1 Å². The zero-order chi connectivity index (χ0) is 14.3. The highest BCUT2D eigenvalue weighted by Gasteiger charge is 2.25. The third kappa shape index (κ3) is 4.83.